The lowest BCUT2D eigenvalue weighted by atomic mass is 9.42. The van der Waals surface area contributed by atoms with Gasteiger partial charge in [0.2, 0.25) is 0 Å². The molecule has 0 aromatic carbocycles. The second kappa shape index (κ2) is 8.28. The van der Waals surface area contributed by atoms with E-state index in [-0.39, 0.29) is 24.2 Å². The second-order valence-corrected chi connectivity index (χ2v) is 12.9. The van der Waals surface area contributed by atoms with Crippen LogP contribution in [-0.2, 0) is 0 Å². The molecule has 4 aliphatic carbocycles. The van der Waals surface area contributed by atoms with Gasteiger partial charge in [0, 0.05) is 11.8 Å². The average molecular weight is 467 g/mol. The van der Waals surface area contributed by atoms with Gasteiger partial charge in [-0.25, -0.2) is 0 Å². The molecule has 33 heavy (non-hydrogen) atoms. The van der Waals surface area contributed by atoms with Crippen LogP contribution in [0, 0.1) is 34.5 Å². The highest BCUT2D eigenvalue weighted by Crippen LogP contribution is 2.69. The molecule has 0 heterocycles. The Kier molecular flexibility index (Phi) is 6.42. The Morgan fingerprint density at radius 1 is 0.909 bits per heavy atom. The predicted molar refractivity (Wildman–Crippen MR) is 126 cm³/mol. The fourth-order valence-electron chi connectivity index (χ4n) is 8.66. The van der Waals surface area contributed by atoms with Crippen LogP contribution in [0.3, 0.4) is 0 Å². The Hall–Kier alpha value is -0.500. The molecule has 0 bridgehead atoms. The molecule has 0 amide bonds. The van der Waals surface area contributed by atoms with Crippen molar-refractivity contribution in [3.8, 4) is 0 Å². The molecule has 6 N–H and O–H groups in total. The molecule has 3 fully saturated rings. The molecule has 0 saturated heterocycles. The van der Waals surface area contributed by atoms with Crippen LogP contribution < -0.4 is 0 Å². The first-order valence-corrected chi connectivity index (χ1v) is 13.1. The van der Waals surface area contributed by atoms with E-state index < -0.39 is 41.0 Å². The van der Waals surface area contributed by atoms with E-state index in [1.165, 1.54) is 12.8 Å². The number of fused-ring (bicyclic) bond motifs is 5. The molecule has 4 aliphatic rings. The van der Waals surface area contributed by atoms with Crippen molar-refractivity contribution < 1.29 is 30.6 Å². The van der Waals surface area contributed by atoms with Crippen molar-refractivity contribution in [2.75, 3.05) is 0 Å². The number of hydrogen-bond donors (Lipinski definition) is 6. The molecular weight excluding hydrogens is 420 g/mol. The molecule has 11 atom stereocenters. The van der Waals surface area contributed by atoms with Gasteiger partial charge in [-0.1, -0.05) is 60.0 Å². The Balaban J connectivity index is 1.70. The minimum absolute atomic E-state index is 0.00321. The third kappa shape index (κ3) is 3.42. The van der Waals surface area contributed by atoms with E-state index >= 15 is 0 Å². The first-order valence-electron chi connectivity index (χ1n) is 13.1. The standard InChI is InChI=1S/C27H46O6/c1-15(2)7-6-8-16(3)17-9-10-18-19-11-22(30)26(32)13-21(29)20(28)12-25(26,5)27(19,33)23(31)14-24(17,18)4/h11,15-18,20-23,28-33H,6-10,12-14H2,1-5H3/t16-,17-,18?,20-,21-,22-,23-,24-,25+,26+,27+/m1/s1. The molecule has 6 heteroatoms. The van der Waals surface area contributed by atoms with Crippen molar-refractivity contribution in [1.29, 1.82) is 0 Å². The lowest BCUT2D eigenvalue weighted by Crippen LogP contribution is -2.77. The quantitative estimate of drug-likeness (QED) is 0.346. The van der Waals surface area contributed by atoms with Crippen LogP contribution in [0.4, 0.5) is 0 Å². The van der Waals surface area contributed by atoms with Crippen LogP contribution in [0.15, 0.2) is 11.6 Å². The molecule has 0 aromatic rings. The number of rotatable bonds is 5. The van der Waals surface area contributed by atoms with Gasteiger partial charge in [0.1, 0.15) is 17.3 Å². The van der Waals surface area contributed by atoms with Crippen LogP contribution in [0.2, 0.25) is 0 Å². The zero-order valence-electron chi connectivity index (χ0n) is 21.0. The lowest BCUT2D eigenvalue weighted by molar-refractivity contribution is -0.295. The smallest absolute Gasteiger partial charge is 0.120 e. The third-order valence-corrected chi connectivity index (χ3v) is 10.7. The highest BCUT2D eigenvalue weighted by Gasteiger charge is 2.74. The maximum absolute atomic E-state index is 12.2. The number of aliphatic hydroxyl groups is 6. The van der Waals surface area contributed by atoms with Gasteiger partial charge in [-0.15, -0.1) is 0 Å². The molecular formula is C27H46O6. The fraction of sp³-hybridized carbons (Fsp3) is 0.926. The normalized spacial score (nSPS) is 52.7. The summed E-state index contributed by atoms with van der Waals surface area (Å²) in [5.74, 6) is 1.61. The first-order chi connectivity index (χ1) is 15.2. The molecule has 190 valence electrons. The van der Waals surface area contributed by atoms with Crippen molar-refractivity contribution in [2.45, 2.75) is 122 Å². The Bertz CT molecular complexity index is 783. The summed E-state index contributed by atoms with van der Waals surface area (Å²) in [6.07, 6.45) is 2.37. The SMILES string of the molecule is CC(C)CCC[C@@H](C)[C@H]1CCC2C3=C[C@@H](O)[C@@]4(O)C[C@@H](O)[C@H](O)C[C@]4(C)[C@@]3(O)[C@H](O)C[C@@]21C. The Morgan fingerprint density at radius 2 is 1.55 bits per heavy atom. The summed E-state index contributed by atoms with van der Waals surface area (Å²) in [5.41, 5.74) is -4.55. The van der Waals surface area contributed by atoms with Crippen molar-refractivity contribution in [1.82, 2.24) is 0 Å². The van der Waals surface area contributed by atoms with E-state index in [9.17, 15) is 30.6 Å². The van der Waals surface area contributed by atoms with Crippen molar-refractivity contribution >= 4 is 0 Å². The molecule has 3 saturated carbocycles. The monoisotopic (exact) mass is 466 g/mol. The molecule has 0 aromatic heterocycles. The summed E-state index contributed by atoms with van der Waals surface area (Å²) < 4.78 is 0. The molecule has 1 unspecified atom stereocenters. The molecule has 4 rings (SSSR count). The van der Waals surface area contributed by atoms with E-state index in [1.807, 2.05) is 0 Å². The van der Waals surface area contributed by atoms with Gasteiger partial charge in [0.15, 0.2) is 0 Å². The first kappa shape index (κ1) is 25.6. The van der Waals surface area contributed by atoms with E-state index in [2.05, 4.69) is 27.7 Å². The highest BCUT2D eigenvalue weighted by atomic mass is 16.4. The summed E-state index contributed by atoms with van der Waals surface area (Å²) in [6, 6.07) is 0. The van der Waals surface area contributed by atoms with Crippen LogP contribution >= 0.6 is 0 Å². The summed E-state index contributed by atoms with van der Waals surface area (Å²) in [5, 5.41) is 67.2. The molecule has 0 aliphatic heterocycles. The molecule has 0 radical (unpaired) electrons. The largest absolute Gasteiger partial charge is 0.390 e. The lowest BCUT2D eigenvalue weighted by Gasteiger charge is -2.67. The van der Waals surface area contributed by atoms with Gasteiger partial charge in [0.05, 0.1) is 18.3 Å². The van der Waals surface area contributed by atoms with Crippen molar-refractivity contribution in [3.05, 3.63) is 11.6 Å². The minimum Gasteiger partial charge on any atom is -0.390 e. The van der Waals surface area contributed by atoms with E-state index in [4.69, 9.17) is 0 Å². The van der Waals surface area contributed by atoms with Gasteiger partial charge >= 0.3 is 0 Å². The maximum Gasteiger partial charge on any atom is 0.120 e. The van der Waals surface area contributed by atoms with Crippen LogP contribution in [0.1, 0.15) is 86.0 Å². The summed E-state index contributed by atoms with van der Waals surface area (Å²) in [7, 11) is 0. The Morgan fingerprint density at radius 3 is 2.18 bits per heavy atom. The summed E-state index contributed by atoms with van der Waals surface area (Å²) in [4.78, 5) is 0. The van der Waals surface area contributed by atoms with Gasteiger partial charge in [-0.05, 0) is 60.3 Å². The average Bonchev–Trinajstić information content (AvgIpc) is 3.04. The molecule has 6 nitrogen and oxygen atoms in total. The van der Waals surface area contributed by atoms with Crippen LogP contribution in [0.25, 0.3) is 0 Å². The van der Waals surface area contributed by atoms with Gasteiger partial charge < -0.3 is 30.6 Å². The van der Waals surface area contributed by atoms with E-state index in [1.54, 1.807) is 13.0 Å². The van der Waals surface area contributed by atoms with Crippen LogP contribution in [0.5, 0.6) is 0 Å². The Labute approximate surface area is 198 Å². The zero-order valence-corrected chi connectivity index (χ0v) is 21.0. The summed E-state index contributed by atoms with van der Waals surface area (Å²) >= 11 is 0. The van der Waals surface area contributed by atoms with Crippen molar-refractivity contribution in [2.24, 2.45) is 34.5 Å². The summed E-state index contributed by atoms with van der Waals surface area (Å²) in [6.45, 7) is 10.7. The topological polar surface area (TPSA) is 121 Å². The third-order valence-electron chi connectivity index (χ3n) is 10.7. The zero-order chi connectivity index (χ0) is 24.6. The van der Waals surface area contributed by atoms with E-state index in [0.717, 1.165) is 19.3 Å². The fourth-order valence-corrected chi connectivity index (χ4v) is 8.66. The van der Waals surface area contributed by atoms with Gasteiger partial charge in [-0.3, -0.25) is 0 Å². The van der Waals surface area contributed by atoms with Crippen molar-refractivity contribution in [3.63, 3.8) is 0 Å². The van der Waals surface area contributed by atoms with E-state index in [0.29, 0.717) is 29.7 Å². The minimum atomic E-state index is -1.83. The number of aliphatic hydroxyl groups excluding tert-OH is 4. The highest BCUT2D eigenvalue weighted by molar-refractivity contribution is 5.42. The molecule has 0 spiro atoms. The predicted octanol–water partition coefficient (Wildman–Crippen LogP) is 2.53. The maximum atomic E-state index is 12.2. The van der Waals surface area contributed by atoms with Gasteiger partial charge in [0.25, 0.3) is 0 Å². The van der Waals surface area contributed by atoms with Crippen LogP contribution in [-0.4, -0.2) is 66.3 Å². The number of hydrogen-bond acceptors (Lipinski definition) is 6. The van der Waals surface area contributed by atoms with Gasteiger partial charge in [-0.2, -0.15) is 0 Å². The second-order valence-electron chi connectivity index (χ2n) is 12.9.